The topological polar surface area (TPSA) is 12.0 Å². The Kier molecular flexibility index (Phi) is 4.17. The molecule has 1 aliphatic rings. The van der Waals surface area contributed by atoms with Gasteiger partial charge in [0.2, 0.25) is 0 Å². The van der Waals surface area contributed by atoms with E-state index in [1.54, 1.807) is 0 Å². The molecule has 0 aromatic heterocycles. The minimum atomic E-state index is 0.533. The molecule has 0 amide bonds. The summed E-state index contributed by atoms with van der Waals surface area (Å²) in [6.07, 6.45) is 3.80. The zero-order chi connectivity index (χ0) is 13.8. The lowest BCUT2D eigenvalue weighted by atomic mass is 9.87. The molecule has 0 aliphatic heterocycles. The monoisotopic (exact) mass is 265 g/mol. The first kappa shape index (κ1) is 13.4. The van der Waals surface area contributed by atoms with Crippen LogP contribution in [0.4, 0.5) is 0 Å². The molecule has 0 saturated heterocycles. The minimum Gasteiger partial charge on any atom is -0.309 e. The average molecular weight is 265 g/mol. The van der Waals surface area contributed by atoms with Crippen molar-refractivity contribution < 1.29 is 0 Å². The van der Waals surface area contributed by atoms with Gasteiger partial charge in [-0.1, -0.05) is 61.5 Å². The first-order chi connectivity index (χ1) is 9.84. The van der Waals surface area contributed by atoms with E-state index < -0.39 is 0 Å². The second-order valence-electron chi connectivity index (χ2n) is 5.86. The summed E-state index contributed by atoms with van der Waals surface area (Å²) in [5.41, 5.74) is 4.46. The molecular formula is C19H23N. The van der Waals surface area contributed by atoms with Gasteiger partial charge in [0.05, 0.1) is 0 Å². The fourth-order valence-electron chi connectivity index (χ4n) is 3.18. The molecule has 0 radical (unpaired) electrons. The van der Waals surface area contributed by atoms with Gasteiger partial charge in [-0.05, 0) is 41.9 Å². The smallest absolute Gasteiger partial charge is 0.0323 e. The van der Waals surface area contributed by atoms with Crippen molar-refractivity contribution in [2.24, 2.45) is 0 Å². The van der Waals surface area contributed by atoms with Crippen molar-refractivity contribution in [2.45, 2.75) is 38.1 Å². The Labute approximate surface area is 122 Å². The van der Waals surface area contributed by atoms with Gasteiger partial charge in [0, 0.05) is 12.6 Å². The highest BCUT2D eigenvalue weighted by molar-refractivity contribution is 5.32. The standard InChI is InChI=1S/C19H23N/c1-15(16-8-3-2-4-9-16)14-20-19-13-7-11-17-10-5-6-12-18(17)19/h2-6,8-10,12,15,19-20H,7,11,13-14H2,1H3. The number of nitrogens with one attached hydrogen (secondary N) is 1. The van der Waals surface area contributed by atoms with Crippen molar-refractivity contribution >= 4 is 0 Å². The van der Waals surface area contributed by atoms with Gasteiger partial charge in [-0.25, -0.2) is 0 Å². The predicted molar refractivity (Wildman–Crippen MR) is 85.0 cm³/mol. The van der Waals surface area contributed by atoms with Gasteiger partial charge in [-0.2, -0.15) is 0 Å². The molecule has 2 unspecified atom stereocenters. The van der Waals surface area contributed by atoms with Gasteiger partial charge in [-0.3, -0.25) is 0 Å². The van der Waals surface area contributed by atoms with Gasteiger partial charge in [0.1, 0.15) is 0 Å². The molecule has 1 heteroatoms. The van der Waals surface area contributed by atoms with Gasteiger partial charge < -0.3 is 5.32 Å². The number of hydrogen-bond donors (Lipinski definition) is 1. The molecule has 0 saturated carbocycles. The van der Waals surface area contributed by atoms with E-state index >= 15 is 0 Å². The first-order valence-corrected chi connectivity index (χ1v) is 7.71. The van der Waals surface area contributed by atoms with Crippen LogP contribution in [0.5, 0.6) is 0 Å². The largest absolute Gasteiger partial charge is 0.309 e. The van der Waals surface area contributed by atoms with Crippen molar-refractivity contribution in [1.82, 2.24) is 5.32 Å². The minimum absolute atomic E-state index is 0.533. The summed E-state index contributed by atoms with van der Waals surface area (Å²) in [5.74, 6) is 0.560. The van der Waals surface area contributed by atoms with Gasteiger partial charge in [0.15, 0.2) is 0 Å². The molecule has 2 atom stereocenters. The van der Waals surface area contributed by atoms with Crippen LogP contribution in [0.25, 0.3) is 0 Å². The molecule has 2 aromatic rings. The Morgan fingerprint density at radius 2 is 1.80 bits per heavy atom. The highest BCUT2D eigenvalue weighted by atomic mass is 14.9. The van der Waals surface area contributed by atoms with E-state index in [4.69, 9.17) is 0 Å². The molecule has 3 rings (SSSR count). The molecule has 0 spiro atoms. The van der Waals surface area contributed by atoms with Crippen molar-refractivity contribution in [3.63, 3.8) is 0 Å². The SMILES string of the molecule is CC(CNC1CCCc2ccccc21)c1ccccc1. The van der Waals surface area contributed by atoms with E-state index in [-0.39, 0.29) is 0 Å². The summed E-state index contributed by atoms with van der Waals surface area (Å²) < 4.78 is 0. The van der Waals surface area contributed by atoms with Crippen LogP contribution in [-0.2, 0) is 6.42 Å². The Bertz CT molecular complexity index is 547. The maximum absolute atomic E-state index is 3.78. The van der Waals surface area contributed by atoms with Crippen LogP contribution in [0, 0.1) is 0 Å². The second kappa shape index (κ2) is 6.23. The zero-order valence-electron chi connectivity index (χ0n) is 12.2. The summed E-state index contributed by atoms with van der Waals surface area (Å²) in [7, 11) is 0. The van der Waals surface area contributed by atoms with Crippen LogP contribution in [0.1, 0.15) is 48.4 Å². The third-order valence-electron chi connectivity index (χ3n) is 4.41. The van der Waals surface area contributed by atoms with E-state index in [1.165, 1.54) is 36.0 Å². The lowest BCUT2D eigenvalue weighted by molar-refractivity contribution is 0.446. The Balaban J connectivity index is 1.65. The molecule has 20 heavy (non-hydrogen) atoms. The molecule has 0 heterocycles. The van der Waals surface area contributed by atoms with Crippen LogP contribution in [-0.4, -0.2) is 6.54 Å². The van der Waals surface area contributed by atoms with Crippen molar-refractivity contribution in [2.75, 3.05) is 6.54 Å². The molecular weight excluding hydrogens is 242 g/mol. The summed E-state index contributed by atoms with van der Waals surface area (Å²) >= 11 is 0. The van der Waals surface area contributed by atoms with E-state index in [0.717, 1.165) is 6.54 Å². The first-order valence-electron chi connectivity index (χ1n) is 7.71. The Hall–Kier alpha value is -1.60. The third-order valence-corrected chi connectivity index (χ3v) is 4.41. The zero-order valence-corrected chi connectivity index (χ0v) is 12.2. The Morgan fingerprint density at radius 1 is 1.05 bits per heavy atom. The molecule has 104 valence electrons. The van der Waals surface area contributed by atoms with Crippen molar-refractivity contribution in [1.29, 1.82) is 0 Å². The van der Waals surface area contributed by atoms with E-state index in [1.807, 2.05) is 0 Å². The highest BCUT2D eigenvalue weighted by Gasteiger charge is 2.19. The fraction of sp³-hybridized carbons (Fsp3) is 0.368. The van der Waals surface area contributed by atoms with E-state index in [0.29, 0.717) is 12.0 Å². The molecule has 0 bridgehead atoms. The summed E-state index contributed by atoms with van der Waals surface area (Å²) in [4.78, 5) is 0. The average Bonchev–Trinajstić information content (AvgIpc) is 2.53. The van der Waals surface area contributed by atoms with Crippen molar-refractivity contribution in [3.8, 4) is 0 Å². The Morgan fingerprint density at radius 3 is 2.65 bits per heavy atom. The third kappa shape index (κ3) is 2.94. The second-order valence-corrected chi connectivity index (χ2v) is 5.86. The van der Waals surface area contributed by atoms with E-state index in [2.05, 4.69) is 66.8 Å². The van der Waals surface area contributed by atoms with Gasteiger partial charge in [0.25, 0.3) is 0 Å². The molecule has 2 aromatic carbocycles. The number of rotatable bonds is 4. The summed E-state index contributed by atoms with van der Waals surface area (Å²) in [6.45, 7) is 3.35. The van der Waals surface area contributed by atoms with Crippen molar-refractivity contribution in [3.05, 3.63) is 71.3 Å². The van der Waals surface area contributed by atoms with E-state index in [9.17, 15) is 0 Å². The molecule has 1 aliphatic carbocycles. The van der Waals surface area contributed by atoms with Crippen LogP contribution in [0.2, 0.25) is 0 Å². The maximum Gasteiger partial charge on any atom is 0.0323 e. The van der Waals surface area contributed by atoms with Crippen LogP contribution in [0.3, 0.4) is 0 Å². The van der Waals surface area contributed by atoms with Gasteiger partial charge in [-0.15, -0.1) is 0 Å². The maximum atomic E-state index is 3.78. The number of hydrogen-bond acceptors (Lipinski definition) is 1. The molecule has 1 nitrogen and oxygen atoms in total. The summed E-state index contributed by atoms with van der Waals surface area (Å²) in [6, 6.07) is 20.2. The normalized spacial score (nSPS) is 19.4. The van der Waals surface area contributed by atoms with Crippen LogP contribution >= 0.6 is 0 Å². The number of fused-ring (bicyclic) bond motifs is 1. The lowest BCUT2D eigenvalue weighted by Gasteiger charge is -2.27. The number of benzene rings is 2. The highest BCUT2D eigenvalue weighted by Crippen LogP contribution is 2.29. The van der Waals surface area contributed by atoms with Gasteiger partial charge >= 0.3 is 0 Å². The van der Waals surface area contributed by atoms with Crippen LogP contribution < -0.4 is 5.32 Å². The molecule has 1 N–H and O–H groups in total. The summed E-state index contributed by atoms with van der Waals surface area (Å²) in [5, 5.41) is 3.78. The predicted octanol–water partition coefficient (Wildman–Crippen LogP) is 4.46. The number of aryl methyl sites for hydroxylation is 1. The quantitative estimate of drug-likeness (QED) is 0.860. The molecule has 0 fully saturated rings. The van der Waals surface area contributed by atoms with Crippen LogP contribution in [0.15, 0.2) is 54.6 Å². The fourth-order valence-corrected chi connectivity index (χ4v) is 3.18. The lowest BCUT2D eigenvalue weighted by Crippen LogP contribution is -2.28.